The maximum absolute atomic E-state index is 13.5. The molecule has 0 unspecified atom stereocenters. The zero-order valence-electron chi connectivity index (χ0n) is 19.6. The van der Waals surface area contributed by atoms with Crippen LogP contribution in [0.5, 0.6) is 5.75 Å². The van der Waals surface area contributed by atoms with Crippen molar-refractivity contribution in [3.05, 3.63) is 82.8 Å². The van der Waals surface area contributed by atoms with Crippen LogP contribution in [0.3, 0.4) is 0 Å². The van der Waals surface area contributed by atoms with Gasteiger partial charge in [-0.3, -0.25) is 9.10 Å². The lowest BCUT2D eigenvalue weighted by atomic mass is 10.1. The predicted octanol–water partition coefficient (Wildman–Crippen LogP) is 5.31. The van der Waals surface area contributed by atoms with Crippen LogP contribution in [-0.4, -0.2) is 39.4 Å². The molecule has 0 bridgehead atoms. The first-order valence-corrected chi connectivity index (χ1v) is 14.2. The van der Waals surface area contributed by atoms with Gasteiger partial charge in [0, 0.05) is 9.37 Å². The summed E-state index contributed by atoms with van der Waals surface area (Å²) < 4.78 is 34.5. The van der Waals surface area contributed by atoms with Gasteiger partial charge in [0.25, 0.3) is 15.9 Å². The van der Waals surface area contributed by atoms with Gasteiger partial charge >= 0.3 is 0 Å². The van der Waals surface area contributed by atoms with Gasteiger partial charge in [-0.2, -0.15) is 5.10 Å². The van der Waals surface area contributed by atoms with E-state index in [4.69, 9.17) is 4.74 Å². The first kappa shape index (κ1) is 26.8. The Bertz CT molecular complexity index is 1300. The minimum Gasteiger partial charge on any atom is -0.494 e. The van der Waals surface area contributed by atoms with Crippen molar-refractivity contribution in [1.29, 1.82) is 0 Å². The molecule has 3 rings (SSSR count). The molecule has 10 heteroatoms. The number of nitrogens with one attached hydrogen (secondary N) is 1. The summed E-state index contributed by atoms with van der Waals surface area (Å²) in [5.74, 6) is 0.0363. The second-order valence-electron chi connectivity index (χ2n) is 7.36. The topological polar surface area (TPSA) is 88.1 Å². The largest absolute Gasteiger partial charge is 0.494 e. The van der Waals surface area contributed by atoms with E-state index in [1.807, 2.05) is 37.4 Å². The van der Waals surface area contributed by atoms with Crippen LogP contribution in [0, 0.1) is 0 Å². The first-order valence-electron chi connectivity index (χ1n) is 10.7. The van der Waals surface area contributed by atoms with Crippen molar-refractivity contribution in [3.63, 3.8) is 0 Å². The number of carbonyl (C=O) groups is 1. The normalized spacial score (nSPS) is 11.7. The summed E-state index contributed by atoms with van der Waals surface area (Å²) in [6.07, 6.45) is 1.91. The Balaban J connectivity index is 1.88. The molecule has 0 spiro atoms. The van der Waals surface area contributed by atoms with Crippen LogP contribution in [0.25, 0.3) is 0 Å². The molecule has 184 valence electrons. The van der Waals surface area contributed by atoms with Crippen LogP contribution in [0.2, 0.25) is 0 Å². The standard InChI is InChI=1S/C25H26BrN3O4S2/c1-4-33-22-10-8-21(9-11-22)29(35(31,32)24-14-12-23(34-3)13-15-24)17-25(30)28-27-18(2)19-6-5-7-20(26)16-19/h5-16H,4,17H2,1-3H3,(H,28,30)/b27-18-. The van der Waals surface area contributed by atoms with Crippen molar-refractivity contribution < 1.29 is 17.9 Å². The second kappa shape index (κ2) is 12.2. The van der Waals surface area contributed by atoms with Crippen LogP contribution in [-0.2, 0) is 14.8 Å². The maximum atomic E-state index is 13.5. The molecule has 35 heavy (non-hydrogen) atoms. The van der Waals surface area contributed by atoms with Gasteiger partial charge in [-0.15, -0.1) is 11.8 Å². The molecule has 1 amide bonds. The highest BCUT2D eigenvalue weighted by molar-refractivity contribution is 9.10. The molecule has 1 N–H and O–H groups in total. The number of ether oxygens (including phenoxy) is 1. The van der Waals surface area contributed by atoms with Crippen molar-refractivity contribution in [1.82, 2.24) is 5.43 Å². The summed E-state index contributed by atoms with van der Waals surface area (Å²) in [5, 5.41) is 4.15. The third-order valence-corrected chi connectivity index (χ3v) is 7.99. The number of benzene rings is 3. The lowest BCUT2D eigenvalue weighted by molar-refractivity contribution is -0.119. The van der Waals surface area contributed by atoms with E-state index in [1.54, 1.807) is 43.3 Å². The molecular weight excluding hydrogens is 550 g/mol. The molecule has 0 heterocycles. The first-order chi connectivity index (χ1) is 16.7. The minimum atomic E-state index is -4.03. The number of halogens is 1. The molecule has 0 saturated heterocycles. The monoisotopic (exact) mass is 575 g/mol. The van der Waals surface area contributed by atoms with E-state index in [2.05, 4.69) is 26.5 Å². The van der Waals surface area contributed by atoms with Gasteiger partial charge in [-0.25, -0.2) is 13.8 Å². The number of thioether (sulfide) groups is 1. The maximum Gasteiger partial charge on any atom is 0.264 e. The van der Waals surface area contributed by atoms with Crippen molar-refractivity contribution in [3.8, 4) is 5.75 Å². The Kier molecular flexibility index (Phi) is 9.36. The summed E-state index contributed by atoms with van der Waals surface area (Å²) in [6, 6.07) is 20.6. The number of sulfonamides is 1. The molecule has 0 aliphatic rings. The number of carbonyl (C=O) groups excluding carboxylic acids is 1. The number of rotatable bonds is 10. The van der Waals surface area contributed by atoms with Gasteiger partial charge < -0.3 is 4.74 Å². The van der Waals surface area contributed by atoms with Crippen molar-refractivity contribution in [2.75, 3.05) is 23.7 Å². The molecule has 3 aromatic rings. The van der Waals surface area contributed by atoms with Crippen molar-refractivity contribution in [2.24, 2.45) is 5.10 Å². The van der Waals surface area contributed by atoms with Crippen molar-refractivity contribution in [2.45, 2.75) is 23.6 Å². The van der Waals surface area contributed by atoms with Crippen molar-refractivity contribution >= 4 is 55.0 Å². The molecule has 3 aromatic carbocycles. The number of hydrogen-bond acceptors (Lipinski definition) is 6. The number of nitrogens with zero attached hydrogens (tertiary/aromatic N) is 2. The predicted molar refractivity (Wildman–Crippen MR) is 145 cm³/mol. The van der Waals surface area contributed by atoms with Crippen LogP contribution < -0.4 is 14.5 Å². The minimum absolute atomic E-state index is 0.0887. The van der Waals surface area contributed by atoms with Gasteiger partial charge in [-0.05, 0) is 86.3 Å². The highest BCUT2D eigenvalue weighted by Crippen LogP contribution is 2.27. The third-order valence-electron chi connectivity index (χ3n) is 4.96. The fourth-order valence-corrected chi connectivity index (χ4v) is 5.38. The van der Waals surface area contributed by atoms with Crippen LogP contribution in [0.1, 0.15) is 19.4 Å². The molecule has 0 aliphatic heterocycles. The van der Waals surface area contributed by atoms with Crippen LogP contribution in [0.15, 0.2) is 92.2 Å². The summed E-state index contributed by atoms with van der Waals surface area (Å²) in [6.45, 7) is 3.66. The molecule has 0 aliphatic carbocycles. The van der Waals surface area contributed by atoms with E-state index < -0.39 is 22.5 Å². The van der Waals surface area contributed by atoms with Gasteiger partial charge in [-0.1, -0.05) is 28.1 Å². The Morgan fingerprint density at radius 3 is 2.37 bits per heavy atom. The summed E-state index contributed by atoms with van der Waals surface area (Å²) in [4.78, 5) is 13.8. The number of amides is 1. The Morgan fingerprint density at radius 2 is 1.77 bits per heavy atom. The summed E-state index contributed by atoms with van der Waals surface area (Å²) in [5.41, 5.74) is 4.22. The number of hydrazone groups is 1. The van der Waals surface area contributed by atoms with Gasteiger partial charge in [0.2, 0.25) is 0 Å². The average molecular weight is 577 g/mol. The highest BCUT2D eigenvalue weighted by Gasteiger charge is 2.27. The molecule has 0 radical (unpaired) electrons. The molecular formula is C25H26BrN3O4S2. The van der Waals surface area contributed by atoms with Gasteiger partial charge in [0.15, 0.2) is 0 Å². The quantitative estimate of drug-likeness (QED) is 0.201. The Labute approximate surface area is 218 Å². The van der Waals surface area contributed by atoms with Crippen LogP contribution >= 0.6 is 27.7 Å². The lowest BCUT2D eigenvalue weighted by Gasteiger charge is -2.24. The number of anilines is 1. The average Bonchev–Trinajstić information content (AvgIpc) is 2.86. The zero-order chi connectivity index (χ0) is 25.4. The van der Waals surface area contributed by atoms with E-state index in [0.717, 1.165) is 19.2 Å². The second-order valence-corrected chi connectivity index (χ2v) is 11.0. The molecule has 0 saturated carbocycles. The summed E-state index contributed by atoms with van der Waals surface area (Å²) >= 11 is 4.92. The Hall–Kier alpha value is -2.82. The molecule has 0 atom stereocenters. The van der Waals surface area contributed by atoms with E-state index in [-0.39, 0.29) is 4.90 Å². The lowest BCUT2D eigenvalue weighted by Crippen LogP contribution is -2.39. The zero-order valence-corrected chi connectivity index (χ0v) is 22.8. The van der Waals surface area contributed by atoms with E-state index in [0.29, 0.717) is 23.8 Å². The van der Waals surface area contributed by atoms with Crippen LogP contribution in [0.4, 0.5) is 5.69 Å². The Morgan fingerprint density at radius 1 is 1.09 bits per heavy atom. The van der Waals surface area contributed by atoms with E-state index in [9.17, 15) is 13.2 Å². The smallest absolute Gasteiger partial charge is 0.264 e. The number of hydrogen-bond donors (Lipinski definition) is 1. The fraction of sp³-hybridized carbons (Fsp3) is 0.200. The summed E-state index contributed by atoms with van der Waals surface area (Å²) in [7, 11) is -4.03. The molecule has 0 aromatic heterocycles. The van der Waals surface area contributed by atoms with Gasteiger partial charge in [0.1, 0.15) is 12.3 Å². The molecule has 0 fully saturated rings. The fourth-order valence-electron chi connectivity index (χ4n) is 3.16. The van der Waals surface area contributed by atoms with Gasteiger partial charge in [0.05, 0.1) is 22.9 Å². The molecule has 7 nitrogen and oxygen atoms in total. The van der Waals surface area contributed by atoms with E-state index >= 15 is 0 Å². The SMILES string of the molecule is CCOc1ccc(N(CC(=O)N/N=C(/C)c2cccc(Br)c2)S(=O)(=O)c2ccc(SC)cc2)cc1. The third kappa shape index (κ3) is 7.09. The van der Waals surface area contributed by atoms with E-state index in [1.165, 1.54) is 23.9 Å². The highest BCUT2D eigenvalue weighted by atomic mass is 79.9.